The Bertz CT molecular complexity index is 687. The molecule has 0 bridgehead atoms. The highest BCUT2D eigenvalue weighted by molar-refractivity contribution is 7.16. The lowest BCUT2D eigenvalue weighted by molar-refractivity contribution is 0.619. The second kappa shape index (κ2) is 5.07. The maximum Gasteiger partial charge on any atom is 0.0998 e. The topological polar surface area (TPSA) is 69.6 Å². The third-order valence-electron chi connectivity index (χ3n) is 3.07. The van der Waals surface area contributed by atoms with Crippen molar-refractivity contribution in [3.63, 3.8) is 0 Å². The summed E-state index contributed by atoms with van der Waals surface area (Å²) in [5.74, 6) is 0. The van der Waals surface area contributed by atoms with E-state index in [0.717, 1.165) is 34.4 Å². The second-order valence-electron chi connectivity index (χ2n) is 4.49. The van der Waals surface area contributed by atoms with Crippen LogP contribution in [-0.2, 0) is 0 Å². The fourth-order valence-corrected chi connectivity index (χ4v) is 2.73. The Hall–Kier alpha value is -1.79. The molecule has 6 heteroatoms. The summed E-state index contributed by atoms with van der Waals surface area (Å²) in [7, 11) is 0. The number of thiazole rings is 1. The van der Waals surface area contributed by atoms with Crippen molar-refractivity contribution in [1.29, 1.82) is 0 Å². The lowest BCUT2D eigenvalue weighted by Crippen LogP contribution is -2.09. The Morgan fingerprint density at radius 2 is 2.32 bits per heavy atom. The molecular weight excluding hydrogens is 258 g/mol. The van der Waals surface area contributed by atoms with E-state index in [4.69, 9.17) is 5.73 Å². The number of benzene rings is 1. The van der Waals surface area contributed by atoms with E-state index in [1.807, 2.05) is 23.8 Å². The summed E-state index contributed by atoms with van der Waals surface area (Å²) in [6, 6.07) is 6.02. The van der Waals surface area contributed by atoms with Gasteiger partial charge in [0.2, 0.25) is 0 Å². The molecule has 0 spiro atoms. The van der Waals surface area contributed by atoms with Crippen molar-refractivity contribution in [3.05, 3.63) is 35.6 Å². The average molecular weight is 273 g/mol. The van der Waals surface area contributed by atoms with Crippen LogP contribution in [-0.4, -0.2) is 20.0 Å². The molecule has 1 unspecified atom stereocenters. The lowest BCUT2D eigenvalue weighted by atomic mass is 10.1. The van der Waals surface area contributed by atoms with Crippen molar-refractivity contribution < 1.29 is 0 Å². The van der Waals surface area contributed by atoms with Gasteiger partial charge in [-0.15, -0.1) is 16.4 Å². The van der Waals surface area contributed by atoms with E-state index in [0.29, 0.717) is 0 Å². The van der Waals surface area contributed by atoms with Gasteiger partial charge in [-0.05, 0) is 24.6 Å². The van der Waals surface area contributed by atoms with Crippen molar-refractivity contribution >= 4 is 21.6 Å². The van der Waals surface area contributed by atoms with Gasteiger partial charge >= 0.3 is 0 Å². The van der Waals surface area contributed by atoms with Gasteiger partial charge in [-0.3, -0.25) is 0 Å². The summed E-state index contributed by atoms with van der Waals surface area (Å²) >= 11 is 1.62. The minimum Gasteiger partial charge on any atom is -0.323 e. The van der Waals surface area contributed by atoms with Crippen LogP contribution in [0.2, 0.25) is 0 Å². The highest BCUT2D eigenvalue weighted by Crippen LogP contribution is 2.21. The predicted octanol–water partition coefficient (Wildman–Crippen LogP) is 2.68. The van der Waals surface area contributed by atoms with Crippen LogP contribution in [0.25, 0.3) is 15.9 Å². The van der Waals surface area contributed by atoms with Gasteiger partial charge in [-0.2, -0.15) is 0 Å². The molecule has 0 saturated heterocycles. The Balaban J connectivity index is 1.93. The molecule has 5 nitrogen and oxygen atoms in total. The molecule has 2 heterocycles. The smallest absolute Gasteiger partial charge is 0.0998 e. The summed E-state index contributed by atoms with van der Waals surface area (Å²) in [5, 5.41) is 8.31. The fraction of sp³-hybridized carbons (Fsp3) is 0.308. The minimum absolute atomic E-state index is 0.0362. The average Bonchev–Trinajstić information content (AvgIpc) is 3.07. The number of rotatable bonds is 4. The first-order chi connectivity index (χ1) is 9.28. The molecule has 0 aliphatic carbocycles. The van der Waals surface area contributed by atoms with E-state index in [2.05, 4.69) is 28.3 Å². The summed E-state index contributed by atoms with van der Waals surface area (Å²) in [6.07, 6.45) is 3.87. The zero-order valence-corrected chi connectivity index (χ0v) is 11.5. The van der Waals surface area contributed by atoms with Crippen molar-refractivity contribution in [2.24, 2.45) is 5.73 Å². The molecule has 0 aliphatic rings. The molecule has 0 aliphatic heterocycles. The minimum atomic E-state index is -0.0362. The monoisotopic (exact) mass is 273 g/mol. The van der Waals surface area contributed by atoms with Crippen LogP contribution in [0.1, 0.15) is 31.5 Å². The quantitative estimate of drug-likeness (QED) is 0.793. The SMILES string of the molecule is CCCC(N)c1cn(-c2ccc3ncsc3c2)nn1. The Kier molecular flexibility index (Phi) is 3.27. The summed E-state index contributed by atoms with van der Waals surface area (Å²) in [5.41, 5.74) is 10.7. The summed E-state index contributed by atoms with van der Waals surface area (Å²) < 4.78 is 2.91. The maximum absolute atomic E-state index is 6.05. The van der Waals surface area contributed by atoms with Crippen molar-refractivity contribution in [3.8, 4) is 5.69 Å². The lowest BCUT2D eigenvalue weighted by Gasteiger charge is -2.04. The molecule has 3 rings (SSSR count). The third-order valence-corrected chi connectivity index (χ3v) is 3.86. The van der Waals surface area contributed by atoms with Crippen LogP contribution in [0.4, 0.5) is 0 Å². The number of nitrogens with two attached hydrogens (primary N) is 1. The number of hydrogen-bond acceptors (Lipinski definition) is 5. The summed E-state index contributed by atoms with van der Waals surface area (Å²) in [6.45, 7) is 2.11. The van der Waals surface area contributed by atoms with E-state index in [9.17, 15) is 0 Å². The molecule has 2 aromatic heterocycles. The van der Waals surface area contributed by atoms with Gasteiger partial charge < -0.3 is 5.73 Å². The van der Waals surface area contributed by atoms with E-state index in [-0.39, 0.29) is 6.04 Å². The van der Waals surface area contributed by atoms with Gasteiger partial charge in [-0.1, -0.05) is 18.6 Å². The standard InChI is InChI=1S/C13H15N5S/c1-2-3-10(14)12-7-18(17-16-12)9-4-5-11-13(6-9)19-8-15-11/h4-8,10H,2-3,14H2,1H3. The highest BCUT2D eigenvalue weighted by atomic mass is 32.1. The van der Waals surface area contributed by atoms with E-state index in [1.165, 1.54) is 0 Å². The van der Waals surface area contributed by atoms with E-state index in [1.54, 1.807) is 16.0 Å². The molecule has 0 radical (unpaired) electrons. The van der Waals surface area contributed by atoms with Crippen LogP contribution >= 0.6 is 11.3 Å². The first-order valence-corrected chi connectivity index (χ1v) is 7.17. The van der Waals surface area contributed by atoms with Crippen molar-refractivity contribution in [1.82, 2.24) is 20.0 Å². The maximum atomic E-state index is 6.05. The van der Waals surface area contributed by atoms with E-state index < -0.39 is 0 Å². The molecule has 98 valence electrons. The Morgan fingerprint density at radius 3 is 3.16 bits per heavy atom. The Labute approximate surface area is 115 Å². The van der Waals surface area contributed by atoms with Gasteiger partial charge in [0.05, 0.1) is 39.3 Å². The highest BCUT2D eigenvalue weighted by Gasteiger charge is 2.10. The van der Waals surface area contributed by atoms with Crippen LogP contribution in [0.5, 0.6) is 0 Å². The molecule has 0 fully saturated rings. The van der Waals surface area contributed by atoms with Crippen LogP contribution in [0.15, 0.2) is 29.9 Å². The summed E-state index contributed by atoms with van der Waals surface area (Å²) in [4.78, 5) is 4.26. The number of hydrogen-bond donors (Lipinski definition) is 1. The molecular formula is C13H15N5S. The van der Waals surface area contributed by atoms with Crippen molar-refractivity contribution in [2.75, 3.05) is 0 Å². The van der Waals surface area contributed by atoms with Crippen LogP contribution in [0.3, 0.4) is 0 Å². The normalized spacial score (nSPS) is 12.9. The zero-order valence-electron chi connectivity index (χ0n) is 10.7. The van der Waals surface area contributed by atoms with Gasteiger partial charge in [-0.25, -0.2) is 9.67 Å². The molecule has 3 aromatic rings. The van der Waals surface area contributed by atoms with Gasteiger partial charge in [0.15, 0.2) is 0 Å². The number of aromatic nitrogens is 4. The third kappa shape index (κ3) is 2.36. The fourth-order valence-electron chi connectivity index (χ4n) is 2.02. The van der Waals surface area contributed by atoms with Crippen LogP contribution < -0.4 is 5.73 Å². The molecule has 1 atom stereocenters. The second-order valence-corrected chi connectivity index (χ2v) is 5.37. The first-order valence-electron chi connectivity index (χ1n) is 6.29. The first kappa shape index (κ1) is 12.3. The Morgan fingerprint density at radius 1 is 1.42 bits per heavy atom. The van der Waals surface area contributed by atoms with Gasteiger partial charge in [0.1, 0.15) is 0 Å². The van der Waals surface area contributed by atoms with Crippen molar-refractivity contribution in [2.45, 2.75) is 25.8 Å². The number of fused-ring (bicyclic) bond motifs is 1. The zero-order chi connectivity index (χ0) is 13.2. The number of nitrogens with zero attached hydrogens (tertiary/aromatic N) is 4. The molecule has 1 aromatic carbocycles. The van der Waals surface area contributed by atoms with Gasteiger partial charge in [0, 0.05) is 0 Å². The molecule has 2 N–H and O–H groups in total. The van der Waals surface area contributed by atoms with Crippen LogP contribution in [0, 0.1) is 0 Å². The van der Waals surface area contributed by atoms with Gasteiger partial charge in [0.25, 0.3) is 0 Å². The molecule has 19 heavy (non-hydrogen) atoms. The molecule has 0 saturated carbocycles. The largest absolute Gasteiger partial charge is 0.323 e. The predicted molar refractivity (Wildman–Crippen MR) is 76.4 cm³/mol. The molecule has 0 amide bonds. The van der Waals surface area contributed by atoms with E-state index >= 15 is 0 Å².